The van der Waals surface area contributed by atoms with Gasteiger partial charge in [0.25, 0.3) is 0 Å². The number of thiazole rings is 1. The molecule has 0 aliphatic heterocycles. The first-order valence-corrected chi connectivity index (χ1v) is 10.6. The fourth-order valence-corrected chi connectivity index (χ4v) is 4.56. The van der Waals surface area contributed by atoms with Gasteiger partial charge in [-0.2, -0.15) is 0 Å². The zero-order valence-corrected chi connectivity index (χ0v) is 18.1. The molecule has 8 heteroatoms. The number of hydrogen-bond donors (Lipinski definition) is 1. The normalized spacial score (nSPS) is 10.9. The van der Waals surface area contributed by atoms with Crippen molar-refractivity contribution in [2.45, 2.75) is 0 Å². The lowest BCUT2D eigenvalue weighted by molar-refractivity contribution is 0.0698. The van der Waals surface area contributed by atoms with E-state index < -0.39 is 11.8 Å². The molecule has 0 radical (unpaired) electrons. The van der Waals surface area contributed by atoms with E-state index in [1.165, 1.54) is 35.6 Å². The van der Waals surface area contributed by atoms with Gasteiger partial charge in [-0.15, -0.1) is 11.3 Å². The summed E-state index contributed by atoms with van der Waals surface area (Å²) in [5.74, 6) is -1.58. The van der Waals surface area contributed by atoms with E-state index in [0.717, 1.165) is 5.56 Å². The third kappa shape index (κ3) is 3.94. The Balaban J connectivity index is 1.80. The molecule has 4 rings (SSSR count). The van der Waals surface area contributed by atoms with Crippen LogP contribution in [0.15, 0.2) is 60.0 Å². The summed E-state index contributed by atoms with van der Waals surface area (Å²) < 4.78 is 13.3. The molecule has 0 amide bonds. The van der Waals surface area contributed by atoms with Crippen LogP contribution in [0.1, 0.15) is 10.4 Å². The molecule has 0 saturated carbocycles. The molecule has 1 heterocycles. The van der Waals surface area contributed by atoms with Crippen molar-refractivity contribution < 1.29 is 14.3 Å². The van der Waals surface area contributed by atoms with Crippen LogP contribution in [0, 0.1) is 5.82 Å². The van der Waals surface area contributed by atoms with Gasteiger partial charge in [0.2, 0.25) is 0 Å². The summed E-state index contributed by atoms with van der Waals surface area (Å²) in [5.41, 5.74) is 2.84. The molecule has 0 aliphatic rings. The lowest BCUT2D eigenvalue weighted by atomic mass is 9.97. The van der Waals surface area contributed by atoms with Crippen molar-refractivity contribution in [3.05, 3.63) is 86.4 Å². The SMILES string of the molecule is O=C(O)c1c(-c2ccc(F)cc2)ccc(-c2nc(-c3ccc(Cl)c(Cl)c3)cs2)c1Cl. The fourth-order valence-electron chi connectivity index (χ4n) is 3.01. The first-order valence-electron chi connectivity index (χ1n) is 8.58. The number of hydrogen-bond acceptors (Lipinski definition) is 3. The van der Waals surface area contributed by atoms with E-state index in [1.54, 1.807) is 30.3 Å². The first kappa shape index (κ1) is 20.8. The van der Waals surface area contributed by atoms with Crippen LogP contribution in [0.3, 0.4) is 0 Å². The number of halogens is 4. The quantitative estimate of drug-likeness (QED) is 0.324. The molecule has 0 unspecified atom stereocenters. The predicted molar refractivity (Wildman–Crippen MR) is 120 cm³/mol. The smallest absolute Gasteiger partial charge is 0.337 e. The maximum absolute atomic E-state index is 13.3. The number of aromatic carboxylic acids is 1. The Labute approximate surface area is 190 Å². The van der Waals surface area contributed by atoms with Gasteiger partial charge < -0.3 is 5.11 Å². The molecule has 0 fully saturated rings. The Kier molecular flexibility index (Phi) is 5.80. The van der Waals surface area contributed by atoms with E-state index in [-0.39, 0.29) is 10.6 Å². The van der Waals surface area contributed by atoms with E-state index in [9.17, 15) is 14.3 Å². The second-order valence-electron chi connectivity index (χ2n) is 6.33. The van der Waals surface area contributed by atoms with E-state index >= 15 is 0 Å². The third-order valence-electron chi connectivity index (χ3n) is 4.46. The lowest BCUT2D eigenvalue weighted by Gasteiger charge is -2.11. The highest BCUT2D eigenvalue weighted by Gasteiger charge is 2.21. The minimum atomic E-state index is -1.18. The van der Waals surface area contributed by atoms with Gasteiger partial charge in [-0.1, -0.05) is 59.1 Å². The molecule has 150 valence electrons. The summed E-state index contributed by atoms with van der Waals surface area (Å²) >= 11 is 19.9. The largest absolute Gasteiger partial charge is 0.478 e. The highest BCUT2D eigenvalue weighted by molar-refractivity contribution is 7.13. The standard InChI is InChI=1S/C22H11Cl3FNO2S/c23-16-8-3-12(9-17(16)24)18-10-30-21(27-18)15-7-6-14(19(20(15)25)22(28)29)11-1-4-13(26)5-2-11/h1-10H,(H,28,29). The Hall–Kier alpha value is -2.44. The number of carbonyl (C=O) groups is 1. The molecule has 0 bridgehead atoms. The summed E-state index contributed by atoms with van der Waals surface area (Å²) in [5, 5.41) is 13.1. The van der Waals surface area contributed by atoms with Gasteiger partial charge in [0.05, 0.1) is 26.3 Å². The summed E-state index contributed by atoms with van der Waals surface area (Å²) in [6.07, 6.45) is 0. The number of carboxylic acids is 1. The van der Waals surface area contributed by atoms with Gasteiger partial charge >= 0.3 is 5.97 Å². The number of aromatic nitrogens is 1. The molecule has 0 atom stereocenters. The fraction of sp³-hybridized carbons (Fsp3) is 0. The van der Waals surface area contributed by atoms with Gasteiger partial charge in [0, 0.05) is 16.5 Å². The van der Waals surface area contributed by atoms with Gasteiger partial charge in [-0.3, -0.25) is 0 Å². The van der Waals surface area contributed by atoms with E-state index in [4.69, 9.17) is 34.8 Å². The second-order valence-corrected chi connectivity index (χ2v) is 8.38. The highest BCUT2D eigenvalue weighted by Crippen LogP contribution is 2.39. The van der Waals surface area contributed by atoms with Gasteiger partial charge in [-0.25, -0.2) is 14.2 Å². The summed E-state index contributed by atoms with van der Waals surface area (Å²) in [4.78, 5) is 16.5. The third-order valence-corrected chi connectivity index (χ3v) is 6.47. The molecule has 0 saturated heterocycles. The Bertz CT molecular complexity index is 1270. The predicted octanol–water partition coefficient (Wildman–Crippen LogP) is 7.94. The van der Waals surface area contributed by atoms with Crippen LogP contribution >= 0.6 is 46.1 Å². The number of nitrogens with zero attached hydrogens (tertiary/aromatic N) is 1. The number of carboxylic acid groups (broad SMARTS) is 1. The molecule has 4 aromatic rings. The number of rotatable bonds is 4. The molecular weight excluding hydrogens is 468 g/mol. The van der Waals surface area contributed by atoms with Gasteiger partial charge in [-0.05, 0) is 41.5 Å². The topological polar surface area (TPSA) is 50.2 Å². The van der Waals surface area contributed by atoms with Crippen molar-refractivity contribution in [1.29, 1.82) is 0 Å². The van der Waals surface area contributed by atoms with Gasteiger partial charge in [0.1, 0.15) is 10.8 Å². The molecular formula is C22H11Cl3FNO2S. The summed E-state index contributed by atoms with van der Waals surface area (Å²) in [7, 11) is 0. The Morgan fingerprint density at radius 1 is 0.900 bits per heavy atom. The maximum atomic E-state index is 13.3. The Morgan fingerprint density at radius 2 is 1.57 bits per heavy atom. The minimum absolute atomic E-state index is 0.0629. The highest BCUT2D eigenvalue weighted by atomic mass is 35.5. The van der Waals surface area contributed by atoms with Crippen molar-refractivity contribution in [1.82, 2.24) is 4.98 Å². The van der Waals surface area contributed by atoms with E-state index in [2.05, 4.69) is 4.98 Å². The zero-order chi connectivity index (χ0) is 21.4. The molecule has 30 heavy (non-hydrogen) atoms. The molecule has 3 aromatic carbocycles. The second kappa shape index (κ2) is 8.36. The average molecular weight is 479 g/mol. The van der Waals surface area contributed by atoms with Crippen molar-refractivity contribution in [3.63, 3.8) is 0 Å². The van der Waals surface area contributed by atoms with Crippen LogP contribution in [-0.4, -0.2) is 16.1 Å². The molecule has 1 N–H and O–H groups in total. The van der Waals surface area contributed by atoms with Gasteiger partial charge in [0.15, 0.2) is 0 Å². The summed E-state index contributed by atoms with van der Waals surface area (Å²) in [6, 6.07) is 14.1. The van der Waals surface area contributed by atoms with Crippen LogP contribution in [0.5, 0.6) is 0 Å². The Morgan fingerprint density at radius 3 is 2.23 bits per heavy atom. The minimum Gasteiger partial charge on any atom is -0.478 e. The molecule has 1 aromatic heterocycles. The van der Waals surface area contributed by atoms with Crippen molar-refractivity contribution >= 4 is 52.1 Å². The van der Waals surface area contributed by atoms with Crippen LogP contribution in [0.25, 0.3) is 33.0 Å². The average Bonchev–Trinajstić information content (AvgIpc) is 3.20. The first-order chi connectivity index (χ1) is 14.3. The summed E-state index contributed by atoms with van der Waals surface area (Å²) in [6.45, 7) is 0. The maximum Gasteiger partial charge on any atom is 0.337 e. The van der Waals surface area contributed by atoms with Crippen LogP contribution in [-0.2, 0) is 0 Å². The van der Waals surface area contributed by atoms with Crippen molar-refractivity contribution in [3.8, 4) is 33.0 Å². The van der Waals surface area contributed by atoms with Crippen molar-refractivity contribution in [2.24, 2.45) is 0 Å². The monoisotopic (exact) mass is 477 g/mol. The lowest BCUT2D eigenvalue weighted by Crippen LogP contribution is -2.02. The van der Waals surface area contributed by atoms with Crippen molar-refractivity contribution in [2.75, 3.05) is 0 Å². The molecule has 0 spiro atoms. The van der Waals surface area contributed by atoms with Crippen LogP contribution in [0.4, 0.5) is 4.39 Å². The van der Waals surface area contributed by atoms with Crippen LogP contribution < -0.4 is 0 Å². The van der Waals surface area contributed by atoms with E-state index in [0.29, 0.717) is 37.4 Å². The number of benzene rings is 3. The molecule has 3 nitrogen and oxygen atoms in total. The van der Waals surface area contributed by atoms with Crippen LogP contribution in [0.2, 0.25) is 15.1 Å². The van der Waals surface area contributed by atoms with E-state index in [1.807, 2.05) is 5.38 Å². The zero-order valence-electron chi connectivity index (χ0n) is 15.0. The molecule has 0 aliphatic carbocycles.